The number of aliphatic carboxylic acids is 1. The molecular formula is C26H28N4O5. The van der Waals surface area contributed by atoms with Crippen molar-refractivity contribution in [3.8, 4) is 11.1 Å². The van der Waals surface area contributed by atoms with Gasteiger partial charge in [0.2, 0.25) is 0 Å². The zero-order chi connectivity index (χ0) is 24.9. The van der Waals surface area contributed by atoms with Gasteiger partial charge in [0.15, 0.2) is 5.82 Å². The molecule has 3 N–H and O–H groups in total. The first-order valence-electron chi connectivity index (χ1n) is 11.6. The molecule has 0 fully saturated rings. The second-order valence-corrected chi connectivity index (χ2v) is 8.50. The molecule has 2 amide bonds. The van der Waals surface area contributed by atoms with Gasteiger partial charge < -0.3 is 15.2 Å². The topological polar surface area (TPSA) is 123 Å². The van der Waals surface area contributed by atoms with Crippen LogP contribution in [0.25, 0.3) is 11.1 Å². The number of hydrogen-bond acceptors (Lipinski definition) is 5. The van der Waals surface area contributed by atoms with Gasteiger partial charge in [-0.3, -0.25) is 19.6 Å². The second-order valence-electron chi connectivity index (χ2n) is 8.50. The number of fused-ring (bicyclic) bond motifs is 3. The van der Waals surface area contributed by atoms with E-state index in [9.17, 15) is 14.4 Å². The van der Waals surface area contributed by atoms with Gasteiger partial charge in [-0.15, -0.1) is 0 Å². The zero-order valence-corrected chi connectivity index (χ0v) is 19.7. The number of nitrogens with one attached hydrogen (secondary N) is 2. The number of carbonyl (C=O) groups is 3. The molecule has 35 heavy (non-hydrogen) atoms. The Bertz CT molecular complexity index is 1210. The Balaban J connectivity index is 1.37. The molecule has 2 aromatic carbocycles. The summed E-state index contributed by atoms with van der Waals surface area (Å²) in [5, 5.41) is 18.5. The van der Waals surface area contributed by atoms with E-state index in [0.717, 1.165) is 22.3 Å². The molecule has 0 radical (unpaired) electrons. The van der Waals surface area contributed by atoms with Crippen molar-refractivity contribution >= 4 is 23.8 Å². The van der Waals surface area contributed by atoms with Crippen molar-refractivity contribution in [2.24, 2.45) is 7.05 Å². The van der Waals surface area contributed by atoms with Crippen LogP contribution in [-0.2, 0) is 16.6 Å². The summed E-state index contributed by atoms with van der Waals surface area (Å²) >= 11 is 0. The normalized spacial score (nSPS) is 13.0. The molecule has 1 atom stereocenters. The third-order valence-electron chi connectivity index (χ3n) is 6.22. The summed E-state index contributed by atoms with van der Waals surface area (Å²) in [4.78, 5) is 36.0. The predicted octanol–water partition coefficient (Wildman–Crippen LogP) is 4.15. The van der Waals surface area contributed by atoms with E-state index in [2.05, 4.69) is 27.9 Å². The number of benzene rings is 2. The van der Waals surface area contributed by atoms with Crippen LogP contribution in [0.5, 0.6) is 0 Å². The van der Waals surface area contributed by atoms with Crippen LogP contribution in [0.2, 0.25) is 0 Å². The molecule has 0 saturated heterocycles. The summed E-state index contributed by atoms with van der Waals surface area (Å²) in [6, 6.07) is 17.4. The Kier molecular flexibility index (Phi) is 7.14. The molecule has 0 saturated carbocycles. The van der Waals surface area contributed by atoms with Crippen LogP contribution < -0.4 is 10.6 Å². The summed E-state index contributed by atoms with van der Waals surface area (Å²) in [6.45, 7) is 2.04. The quantitative estimate of drug-likeness (QED) is 0.426. The molecule has 3 aromatic rings. The number of carboxylic acids is 1. The maximum absolute atomic E-state index is 12.6. The zero-order valence-electron chi connectivity index (χ0n) is 19.7. The molecule has 4 rings (SSSR count). The molecule has 0 spiro atoms. The van der Waals surface area contributed by atoms with E-state index < -0.39 is 18.0 Å². The van der Waals surface area contributed by atoms with Crippen LogP contribution >= 0.6 is 0 Å². The summed E-state index contributed by atoms with van der Waals surface area (Å²) in [6.07, 6.45) is 0.241. The Hall–Kier alpha value is -4.14. The molecule has 9 heteroatoms. The molecule has 1 heterocycles. The van der Waals surface area contributed by atoms with E-state index in [1.807, 2.05) is 43.3 Å². The van der Waals surface area contributed by atoms with E-state index >= 15 is 0 Å². The fraction of sp³-hybridized carbons (Fsp3) is 0.308. The molecule has 1 aliphatic rings. The van der Waals surface area contributed by atoms with Crippen molar-refractivity contribution in [3.63, 3.8) is 0 Å². The monoisotopic (exact) mass is 476 g/mol. The van der Waals surface area contributed by atoms with Gasteiger partial charge in [0.05, 0.1) is 0 Å². The smallest absolute Gasteiger partial charge is 0.412 e. The highest BCUT2D eigenvalue weighted by molar-refractivity contribution is 5.94. The van der Waals surface area contributed by atoms with E-state index in [1.165, 1.54) is 10.7 Å². The number of amides is 2. The fourth-order valence-corrected chi connectivity index (χ4v) is 4.42. The van der Waals surface area contributed by atoms with Gasteiger partial charge in [0.25, 0.3) is 5.91 Å². The Morgan fingerprint density at radius 3 is 2.31 bits per heavy atom. The lowest BCUT2D eigenvalue weighted by Crippen LogP contribution is -2.35. The summed E-state index contributed by atoms with van der Waals surface area (Å²) in [7, 11) is 1.59. The van der Waals surface area contributed by atoms with E-state index in [4.69, 9.17) is 9.84 Å². The van der Waals surface area contributed by atoms with Gasteiger partial charge in [0, 0.05) is 31.5 Å². The molecule has 1 aromatic heterocycles. The fourth-order valence-electron chi connectivity index (χ4n) is 4.42. The lowest BCUT2D eigenvalue weighted by atomic mass is 9.98. The van der Waals surface area contributed by atoms with Crippen molar-refractivity contribution in [1.82, 2.24) is 15.1 Å². The van der Waals surface area contributed by atoms with Gasteiger partial charge in [-0.25, -0.2) is 4.79 Å². The summed E-state index contributed by atoms with van der Waals surface area (Å²) in [5.41, 5.74) is 4.77. The highest BCUT2D eigenvalue weighted by Gasteiger charge is 2.29. The van der Waals surface area contributed by atoms with Gasteiger partial charge in [0.1, 0.15) is 12.3 Å². The van der Waals surface area contributed by atoms with Crippen molar-refractivity contribution < 1.29 is 24.2 Å². The third-order valence-corrected chi connectivity index (χ3v) is 6.22. The Labute approximate surface area is 203 Å². The van der Waals surface area contributed by atoms with E-state index in [1.54, 1.807) is 7.05 Å². The average molecular weight is 477 g/mol. The number of hydrogen-bond donors (Lipinski definition) is 3. The minimum absolute atomic E-state index is 0.0290. The summed E-state index contributed by atoms with van der Waals surface area (Å²) < 4.78 is 6.89. The molecular weight excluding hydrogens is 448 g/mol. The van der Waals surface area contributed by atoms with Crippen LogP contribution in [-0.4, -0.2) is 45.5 Å². The largest absolute Gasteiger partial charge is 0.481 e. The van der Waals surface area contributed by atoms with E-state index in [-0.39, 0.29) is 36.5 Å². The first kappa shape index (κ1) is 24.0. The number of nitrogens with zero attached hydrogens (tertiary/aromatic N) is 2. The van der Waals surface area contributed by atoms with Crippen molar-refractivity contribution in [1.29, 1.82) is 0 Å². The lowest BCUT2D eigenvalue weighted by Gasteiger charge is -2.15. The SMILES string of the molecule is CCC(CCC(=O)O)NC(=O)c1cc(NC(=O)OCC2c3ccccc3-c3ccccc32)nn1C. The number of aromatic nitrogens is 2. The number of rotatable bonds is 9. The number of ether oxygens (including phenoxy) is 1. The van der Waals surface area contributed by atoms with Gasteiger partial charge in [-0.1, -0.05) is 55.5 Å². The lowest BCUT2D eigenvalue weighted by molar-refractivity contribution is -0.137. The number of aryl methyl sites for hydroxylation is 1. The Morgan fingerprint density at radius 1 is 1.09 bits per heavy atom. The van der Waals surface area contributed by atoms with Gasteiger partial charge >= 0.3 is 12.1 Å². The highest BCUT2D eigenvalue weighted by atomic mass is 16.5. The van der Waals surface area contributed by atoms with Crippen LogP contribution in [0, 0.1) is 0 Å². The van der Waals surface area contributed by atoms with Crippen LogP contribution in [0.3, 0.4) is 0 Å². The predicted molar refractivity (Wildman–Crippen MR) is 130 cm³/mol. The van der Waals surface area contributed by atoms with Gasteiger partial charge in [-0.05, 0) is 35.1 Å². The number of carbonyl (C=O) groups excluding carboxylic acids is 2. The third kappa shape index (κ3) is 5.34. The van der Waals surface area contributed by atoms with Crippen LogP contribution in [0.4, 0.5) is 10.6 Å². The number of anilines is 1. The average Bonchev–Trinajstić information content (AvgIpc) is 3.37. The Morgan fingerprint density at radius 2 is 1.71 bits per heavy atom. The van der Waals surface area contributed by atoms with Crippen molar-refractivity contribution in [2.75, 3.05) is 11.9 Å². The first-order valence-corrected chi connectivity index (χ1v) is 11.6. The van der Waals surface area contributed by atoms with Crippen LogP contribution in [0.1, 0.15) is 53.7 Å². The van der Waals surface area contributed by atoms with E-state index in [0.29, 0.717) is 12.8 Å². The standard InChI is InChI=1S/C26H28N4O5/c1-3-16(12-13-24(31)32)27-25(33)22-14-23(29-30(22)2)28-26(34)35-15-21-19-10-6-4-8-17(19)18-9-5-7-11-20(18)21/h4-11,14,16,21H,3,12-13,15H2,1-2H3,(H,27,33)(H,31,32)(H,28,29,34). The van der Waals surface area contributed by atoms with Crippen molar-refractivity contribution in [2.45, 2.75) is 38.1 Å². The van der Waals surface area contributed by atoms with Gasteiger partial charge in [-0.2, -0.15) is 5.10 Å². The minimum atomic E-state index is -0.909. The minimum Gasteiger partial charge on any atom is -0.481 e. The molecule has 0 bridgehead atoms. The van der Waals surface area contributed by atoms with Crippen LogP contribution in [0.15, 0.2) is 54.6 Å². The molecule has 1 unspecified atom stereocenters. The number of carboxylic acid groups (broad SMARTS) is 1. The van der Waals surface area contributed by atoms with Crippen molar-refractivity contribution in [3.05, 3.63) is 71.4 Å². The highest BCUT2D eigenvalue weighted by Crippen LogP contribution is 2.44. The second kappa shape index (κ2) is 10.4. The molecule has 9 nitrogen and oxygen atoms in total. The molecule has 182 valence electrons. The first-order chi connectivity index (χ1) is 16.9. The maximum Gasteiger partial charge on any atom is 0.412 e. The summed E-state index contributed by atoms with van der Waals surface area (Å²) in [5.74, 6) is -1.17. The molecule has 0 aliphatic heterocycles. The molecule has 1 aliphatic carbocycles. The maximum atomic E-state index is 12.6.